The molecule has 5 rings (SSSR count). The summed E-state index contributed by atoms with van der Waals surface area (Å²) < 4.78 is 33.1. The molecule has 180 valence electrons. The number of imide groups is 1. The van der Waals surface area contributed by atoms with E-state index < -0.39 is 27.5 Å². The van der Waals surface area contributed by atoms with Gasteiger partial charge in [0.15, 0.2) is 5.54 Å². The molecule has 0 radical (unpaired) electrons. The van der Waals surface area contributed by atoms with E-state index in [1.54, 1.807) is 19.1 Å². The first-order valence-corrected chi connectivity index (χ1v) is 12.5. The van der Waals surface area contributed by atoms with Crippen LogP contribution < -0.4 is 5.32 Å². The number of carbonyl (C=O) groups is 2. The van der Waals surface area contributed by atoms with Crippen LogP contribution in [0.5, 0.6) is 0 Å². The number of furan rings is 1. The molecule has 0 spiro atoms. The number of amides is 3. The number of benzene rings is 2. The maximum Gasteiger partial charge on any atom is 0.326 e. The highest BCUT2D eigenvalue weighted by molar-refractivity contribution is 7.89. The van der Waals surface area contributed by atoms with E-state index in [2.05, 4.69) is 5.32 Å². The van der Waals surface area contributed by atoms with E-state index in [1.165, 1.54) is 28.6 Å². The van der Waals surface area contributed by atoms with Gasteiger partial charge in [-0.1, -0.05) is 18.2 Å². The van der Waals surface area contributed by atoms with Gasteiger partial charge in [-0.15, -0.1) is 0 Å². The number of nitrogens with zero attached hydrogens (tertiary/aromatic N) is 4. The lowest BCUT2D eigenvalue weighted by Gasteiger charge is -2.35. The van der Waals surface area contributed by atoms with Gasteiger partial charge in [0.25, 0.3) is 5.91 Å². The Morgan fingerprint density at radius 1 is 1.06 bits per heavy atom. The average molecular weight is 494 g/mol. The van der Waals surface area contributed by atoms with Crippen molar-refractivity contribution in [3.8, 4) is 6.07 Å². The van der Waals surface area contributed by atoms with Gasteiger partial charge in [-0.3, -0.25) is 9.69 Å². The highest BCUT2D eigenvalue weighted by Gasteiger charge is 2.51. The number of fused-ring (bicyclic) bond motifs is 1. The number of nitrogens with one attached hydrogen (secondary N) is 1. The van der Waals surface area contributed by atoms with Crippen LogP contribution in [0, 0.1) is 11.3 Å². The van der Waals surface area contributed by atoms with Gasteiger partial charge in [0, 0.05) is 31.6 Å². The Morgan fingerprint density at radius 3 is 2.40 bits per heavy atom. The number of para-hydroxylation sites is 1. The number of hydrogen-bond donors (Lipinski definition) is 1. The van der Waals surface area contributed by atoms with Crippen molar-refractivity contribution in [1.29, 1.82) is 5.26 Å². The molecule has 1 atom stereocenters. The normalized spacial score (nSPS) is 21.9. The number of sulfonamides is 1. The Morgan fingerprint density at radius 2 is 1.74 bits per heavy atom. The van der Waals surface area contributed by atoms with E-state index in [0.717, 1.165) is 10.3 Å². The minimum Gasteiger partial charge on any atom is -0.458 e. The van der Waals surface area contributed by atoms with E-state index >= 15 is 0 Å². The Hall–Kier alpha value is -3.72. The molecule has 1 aromatic heterocycles. The summed E-state index contributed by atoms with van der Waals surface area (Å²) in [6.45, 7) is 2.81. The van der Waals surface area contributed by atoms with Gasteiger partial charge in [0.2, 0.25) is 10.0 Å². The topological polar surface area (TPSA) is 127 Å². The van der Waals surface area contributed by atoms with Gasteiger partial charge in [0.05, 0.1) is 23.2 Å². The van der Waals surface area contributed by atoms with Crippen molar-refractivity contribution in [2.75, 3.05) is 32.8 Å². The first kappa shape index (κ1) is 23.0. The summed E-state index contributed by atoms with van der Waals surface area (Å²) in [5.41, 5.74) is -0.308. The Kier molecular flexibility index (Phi) is 5.59. The number of urea groups is 1. The third-order valence-corrected chi connectivity index (χ3v) is 8.40. The van der Waals surface area contributed by atoms with Crippen LogP contribution >= 0.6 is 0 Å². The number of rotatable bonds is 5. The standard InChI is InChI=1S/C24H23N5O5S/c1-24(21-14-18-4-2-3-5-20(18)34-21)22(30)29(23(31)26-24)16-27-10-12-28(13-11-27)35(32,33)19-8-6-17(15-25)7-9-19/h2-9,14H,10-13,16H2,1H3,(H,26,31). The summed E-state index contributed by atoms with van der Waals surface area (Å²) in [6, 6.07) is 16.4. The van der Waals surface area contributed by atoms with Crippen molar-refractivity contribution < 1.29 is 22.4 Å². The van der Waals surface area contributed by atoms with Gasteiger partial charge in [-0.25, -0.2) is 18.1 Å². The van der Waals surface area contributed by atoms with E-state index in [9.17, 15) is 18.0 Å². The fraction of sp³-hybridized carbons (Fsp3) is 0.292. The van der Waals surface area contributed by atoms with E-state index in [0.29, 0.717) is 30.0 Å². The van der Waals surface area contributed by atoms with Gasteiger partial charge < -0.3 is 9.73 Å². The molecule has 3 amide bonds. The van der Waals surface area contributed by atoms with Crippen LogP contribution in [0.15, 0.2) is 63.9 Å². The van der Waals surface area contributed by atoms with E-state index in [4.69, 9.17) is 9.68 Å². The largest absolute Gasteiger partial charge is 0.458 e. The lowest BCUT2D eigenvalue weighted by atomic mass is 9.99. The minimum absolute atomic E-state index is 0.0469. The zero-order valence-electron chi connectivity index (χ0n) is 19.0. The molecule has 2 saturated heterocycles. The zero-order chi connectivity index (χ0) is 24.8. The predicted molar refractivity (Wildman–Crippen MR) is 125 cm³/mol. The Labute approximate surface area is 202 Å². The molecule has 10 nitrogen and oxygen atoms in total. The highest BCUT2D eigenvalue weighted by atomic mass is 32.2. The SMILES string of the molecule is CC1(c2cc3ccccc3o2)NC(=O)N(CN2CCN(S(=O)(=O)c3ccc(C#N)cc3)CC2)C1=O. The predicted octanol–water partition coefficient (Wildman–Crippen LogP) is 2.04. The molecule has 2 aliphatic rings. The molecule has 1 N–H and O–H groups in total. The van der Waals surface area contributed by atoms with Crippen molar-refractivity contribution in [3.05, 3.63) is 65.9 Å². The lowest BCUT2D eigenvalue weighted by Crippen LogP contribution is -2.52. The van der Waals surface area contributed by atoms with Crippen molar-refractivity contribution in [3.63, 3.8) is 0 Å². The quantitative estimate of drug-likeness (QED) is 0.539. The second kappa shape index (κ2) is 8.49. The Bertz CT molecular complexity index is 1420. The molecule has 0 saturated carbocycles. The van der Waals surface area contributed by atoms with Crippen molar-refractivity contribution in [2.45, 2.75) is 17.4 Å². The van der Waals surface area contributed by atoms with Gasteiger partial charge in [0.1, 0.15) is 11.3 Å². The summed E-state index contributed by atoms with van der Waals surface area (Å²) >= 11 is 0. The molecule has 11 heteroatoms. The highest BCUT2D eigenvalue weighted by Crippen LogP contribution is 2.33. The fourth-order valence-corrected chi connectivity index (χ4v) is 5.80. The van der Waals surface area contributed by atoms with E-state index in [-0.39, 0.29) is 24.7 Å². The van der Waals surface area contributed by atoms with Crippen LogP contribution in [0.1, 0.15) is 18.2 Å². The number of carbonyl (C=O) groups excluding carboxylic acids is 2. The molecule has 2 aromatic carbocycles. The van der Waals surface area contributed by atoms with Crippen LogP contribution in [0.25, 0.3) is 11.0 Å². The average Bonchev–Trinajstić information content (AvgIpc) is 3.40. The number of piperazine rings is 1. The van der Waals surface area contributed by atoms with Gasteiger partial charge in [-0.05, 0) is 43.3 Å². The molecule has 0 bridgehead atoms. The van der Waals surface area contributed by atoms with Crippen LogP contribution in [0.3, 0.4) is 0 Å². The maximum absolute atomic E-state index is 13.3. The first-order chi connectivity index (χ1) is 16.7. The summed E-state index contributed by atoms with van der Waals surface area (Å²) in [6.07, 6.45) is 0. The molecule has 35 heavy (non-hydrogen) atoms. The summed E-state index contributed by atoms with van der Waals surface area (Å²) in [5.74, 6) is -0.0629. The lowest BCUT2D eigenvalue weighted by molar-refractivity contribution is -0.133. The van der Waals surface area contributed by atoms with Crippen LogP contribution in [-0.4, -0.2) is 67.3 Å². The molecular formula is C24H23N5O5S. The summed E-state index contributed by atoms with van der Waals surface area (Å²) in [7, 11) is -3.70. The van der Waals surface area contributed by atoms with Gasteiger partial charge >= 0.3 is 6.03 Å². The summed E-state index contributed by atoms with van der Waals surface area (Å²) in [4.78, 5) is 29.1. The number of hydrogen-bond acceptors (Lipinski definition) is 7. The second-order valence-electron chi connectivity index (χ2n) is 8.74. The van der Waals surface area contributed by atoms with Crippen molar-refractivity contribution >= 4 is 32.9 Å². The molecule has 2 aliphatic heterocycles. The van der Waals surface area contributed by atoms with Crippen LogP contribution in [0.4, 0.5) is 4.79 Å². The fourth-order valence-electron chi connectivity index (χ4n) is 4.38. The third kappa shape index (κ3) is 3.95. The second-order valence-corrected chi connectivity index (χ2v) is 10.7. The molecule has 1 unspecified atom stereocenters. The molecule has 2 fully saturated rings. The van der Waals surface area contributed by atoms with Crippen molar-refractivity contribution in [1.82, 2.24) is 19.4 Å². The Balaban J connectivity index is 1.25. The monoisotopic (exact) mass is 493 g/mol. The summed E-state index contributed by atoms with van der Waals surface area (Å²) in [5, 5.41) is 12.5. The van der Waals surface area contributed by atoms with Gasteiger partial charge in [-0.2, -0.15) is 9.57 Å². The molecular weight excluding hydrogens is 470 g/mol. The zero-order valence-corrected chi connectivity index (χ0v) is 19.8. The molecule has 3 aromatic rings. The van der Waals surface area contributed by atoms with E-state index in [1.807, 2.05) is 29.2 Å². The van der Waals surface area contributed by atoms with Crippen molar-refractivity contribution in [2.24, 2.45) is 0 Å². The maximum atomic E-state index is 13.3. The molecule has 3 heterocycles. The first-order valence-electron chi connectivity index (χ1n) is 11.1. The minimum atomic E-state index is -3.70. The number of nitriles is 1. The molecule has 0 aliphatic carbocycles. The van der Waals surface area contributed by atoms with Crippen LogP contribution in [-0.2, 0) is 20.4 Å². The smallest absolute Gasteiger partial charge is 0.326 e. The third-order valence-electron chi connectivity index (χ3n) is 6.49. The van der Waals surface area contributed by atoms with Crippen LogP contribution in [0.2, 0.25) is 0 Å².